The van der Waals surface area contributed by atoms with E-state index in [0.29, 0.717) is 0 Å². The Balaban J connectivity index is 0.000000502. The summed E-state index contributed by atoms with van der Waals surface area (Å²) in [6.07, 6.45) is 2.66. The lowest BCUT2D eigenvalue weighted by atomic mass is 10.1. The summed E-state index contributed by atoms with van der Waals surface area (Å²) in [6, 6.07) is 4.49. The van der Waals surface area contributed by atoms with Crippen molar-refractivity contribution in [2.24, 2.45) is 10.7 Å². The molecular formula is C20H26Cl2N6O5. The zero-order valence-corrected chi connectivity index (χ0v) is 19.4. The van der Waals surface area contributed by atoms with Gasteiger partial charge in [-0.15, -0.1) is 0 Å². The topological polar surface area (TPSA) is 175 Å². The smallest absolute Gasteiger partial charge is 0.341 e. The third-order valence-electron chi connectivity index (χ3n) is 4.33. The molecule has 1 aromatic rings. The highest BCUT2D eigenvalue weighted by atomic mass is 35.5. The number of piperidine rings is 1. The SMILES string of the molecule is Cc1c(Cl)cccc1Cl.N/C(C(=O)NC1CCNCC1)=C(\C=N\C(=O)NCC(=O)O)NC=O. The summed E-state index contributed by atoms with van der Waals surface area (Å²) in [5.41, 5.74) is 6.16. The number of rotatable bonds is 7. The minimum atomic E-state index is -1.24. The fourth-order valence-electron chi connectivity index (χ4n) is 2.50. The van der Waals surface area contributed by atoms with Crippen molar-refractivity contribution in [1.29, 1.82) is 0 Å². The second kappa shape index (κ2) is 14.8. The number of aliphatic carboxylic acids is 1. The molecule has 0 unspecified atom stereocenters. The van der Waals surface area contributed by atoms with Crippen molar-refractivity contribution in [2.75, 3.05) is 19.6 Å². The lowest BCUT2D eigenvalue weighted by molar-refractivity contribution is -0.135. The molecule has 1 fully saturated rings. The van der Waals surface area contributed by atoms with E-state index in [1.807, 2.05) is 30.4 Å². The summed E-state index contributed by atoms with van der Waals surface area (Å²) in [5.74, 6) is -1.83. The van der Waals surface area contributed by atoms with Gasteiger partial charge in [0, 0.05) is 16.1 Å². The van der Waals surface area contributed by atoms with E-state index in [-0.39, 0.29) is 23.8 Å². The molecule has 1 aliphatic rings. The van der Waals surface area contributed by atoms with Crippen LogP contribution in [0, 0.1) is 6.92 Å². The quantitative estimate of drug-likeness (QED) is 0.183. The summed E-state index contributed by atoms with van der Waals surface area (Å²) in [4.78, 5) is 47.7. The van der Waals surface area contributed by atoms with Crippen LogP contribution in [0.1, 0.15) is 18.4 Å². The molecule has 0 radical (unpaired) electrons. The average molecular weight is 501 g/mol. The van der Waals surface area contributed by atoms with Gasteiger partial charge in [0.2, 0.25) is 6.41 Å². The third kappa shape index (κ3) is 10.8. The van der Waals surface area contributed by atoms with Gasteiger partial charge in [-0.05, 0) is 50.6 Å². The molecule has 2 rings (SSSR count). The van der Waals surface area contributed by atoms with Crippen molar-refractivity contribution in [3.8, 4) is 0 Å². The number of allylic oxidation sites excluding steroid dienone is 1. The van der Waals surface area contributed by atoms with Gasteiger partial charge in [0.15, 0.2) is 0 Å². The van der Waals surface area contributed by atoms with Crippen molar-refractivity contribution in [1.82, 2.24) is 21.3 Å². The van der Waals surface area contributed by atoms with Crippen LogP contribution in [0.25, 0.3) is 0 Å². The van der Waals surface area contributed by atoms with Gasteiger partial charge in [-0.25, -0.2) is 4.79 Å². The van der Waals surface area contributed by atoms with Gasteiger partial charge in [0.1, 0.15) is 12.2 Å². The summed E-state index contributed by atoms with van der Waals surface area (Å²) in [7, 11) is 0. The van der Waals surface area contributed by atoms with E-state index in [1.54, 1.807) is 0 Å². The van der Waals surface area contributed by atoms with E-state index in [2.05, 4.69) is 20.9 Å². The third-order valence-corrected chi connectivity index (χ3v) is 5.15. The summed E-state index contributed by atoms with van der Waals surface area (Å²) in [5, 5.41) is 19.9. The average Bonchev–Trinajstić information content (AvgIpc) is 2.79. The number of carbonyl (C=O) groups is 4. The summed E-state index contributed by atoms with van der Waals surface area (Å²) >= 11 is 11.5. The lowest BCUT2D eigenvalue weighted by Gasteiger charge is -2.23. The first-order chi connectivity index (χ1) is 15.6. The molecule has 0 atom stereocenters. The number of aliphatic imine (C=N–C) groups is 1. The van der Waals surface area contributed by atoms with Crippen molar-refractivity contribution < 1.29 is 24.3 Å². The number of carboxylic acids is 1. The fourth-order valence-corrected chi connectivity index (χ4v) is 2.90. The Morgan fingerprint density at radius 1 is 1.24 bits per heavy atom. The van der Waals surface area contributed by atoms with Gasteiger partial charge in [0.25, 0.3) is 5.91 Å². The molecule has 1 aliphatic heterocycles. The normalized spacial score (nSPS) is 14.4. The molecule has 0 aromatic heterocycles. The van der Waals surface area contributed by atoms with Gasteiger partial charge in [-0.3, -0.25) is 14.4 Å². The first kappa shape index (κ1) is 27.9. The number of nitrogens with one attached hydrogen (secondary N) is 4. The molecule has 1 heterocycles. The summed E-state index contributed by atoms with van der Waals surface area (Å²) in [6.45, 7) is 2.84. The van der Waals surface area contributed by atoms with E-state index in [0.717, 1.165) is 47.8 Å². The Bertz CT molecular complexity index is 896. The minimum Gasteiger partial charge on any atom is -0.480 e. The number of urea groups is 1. The molecule has 0 aliphatic carbocycles. The molecule has 33 heavy (non-hydrogen) atoms. The molecule has 1 saturated heterocycles. The highest BCUT2D eigenvalue weighted by molar-refractivity contribution is 6.35. The van der Waals surface area contributed by atoms with Crippen LogP contribution in [0.5, 0.6) is 0 Å². The van der Waals surface area contributed by atoms with Gasteiger partial charge in [-0.2, -0.15) is 4.99 Å². The van der Waals surface area contributed by atoms with Gasteiger partial charge < -0.3 is 32.1 Å². The maximum absolute atomic E-state index is 12.1. The molecule has 0 spiro atoms. The van der Waals surface area contributed by atoms with E-state index in [4.69, 9.17) is 34.0 Å². The Kier molecular flexibility index (Phi) is 12.5. The fraction of sp³-hybridized carbons (Fsp3) is 0.350. The first-order valence-electron chi connectivity index (χ1n) is 9.81. The van der Waals surface area contributed by atoms with Crippen molar-refractivity contribution in [3.63, 3.8) is 0 Å². The number of carboxylic acid groups (broad SMARTS) is 1. The second-order valence-corrected chi connectivity index (χ2v) is 7.56. The number of hydrogen-bond acceptors (Lipinski definition) is 6. The number of nitrogens with two attached hydrogens (primary N) is 1. The minimum absolute atomic E-state index is 0.0365. The molecule has 180 valence electrons. The van der Waals surface area contributed by atoms with Crippen molar-refractivity contribution in [2.45, 2.75) is 25.8 Å². The van der Waals surface area contributed by atoms with Crippen LogP contribution in [0.3, 0.4) is 0 Å². The van der Waals surface area contributed by atoms with Crippen molar-refractivity contribution >= 4 is 53.7 Å². The molecule has 1 aromatic carbocycles. The summed E-state index contributed by atoms with van der Waals surface area (Å²) < 4.78 is 0. The van der Waals surface area contributed by atoms with Crippen LogP contribution < -0.4 is 27.0 Å². The van der Waals surface area contributed by atoms with E-state index in [1.165, 1.54) is 0 Å². The number of carbonyl (C=O) groups excluding carboxylic acids is 3. The molecule has 0 bridgehead atoms. The largest absolute Gasteiger partial charge is 0.480 e. The Morgan fingerprint density at radius 3 is 2.36 bits per heavy atom. The number of amides is 4. The van der Waals surface area contributed by atoms with Crippen LogP contribution in [-0.2, 0) is 14.4 Å². The van der Waals surface area contributed by atoms with Crippen molar-refractivity contribution in [3.05, 3.63) is 45.2 Å². The Labute approximate surface area is 200 Å². The van der Waals surface area contributed by atoms with Crippen LogP contribution in [0.4, 0.5) is 4.79 Å². The maximum atomic E-state index is 12.1. The Hall–Kier alpha value is -3.15. The zero-order chi connectivity index (χ0) is 24.8. The number of halogens is 2. The molecule has 13 heteroatoms. The first-order valence-corrected chi connectivity index (χ1v) is 10.6. The molecule has 7 N–H and O–H groups in total. The maximum Gasteiger partial charge on any atom is 0.341 e. The van der Waals surface area contributed by atoms with Gasteiger partial charge in [0.05, 0.1) is 11.9 Å². The van der Waals surface area contributed by atoms with Gasteiger partial charge >= 0.3 is 12.0 Å². The zero-order valence-electron chi connectivity index (χ0n) is 17.9. The van der Waals surface area contributed by atoms with E-state index >= 15 is 0 Å². The lowest BCUT2D eigenvalue weighted by Crippen LogP contribution is -2.44. The second-order valence-electron chi connectivity index (χ2n) is 6.74. The van der Waals surface area contributed by atoms with E-state index in [9.17, 15) is 19.2 Å². The Morgan fingerprint density at radius 2 is 1.85 bits per heavy atom. The predicted molar refractivity (Wildman–Crippen MR) is 125 cm³/mol. The molecule has 0 saturated carbocycles. The molecule has 4 amide bonds. The van der Waals surface area contributed by atoms with Crippen LogP contribution >= 0.6 is 23.2 Å². The molecular weight excluding hydrogens is 475 g/mol. The highest BCUT2D eigenvalue weighted by Gasteiger charge is 2.18. The number of nitrogens with zero attached hydrogens (tertiary/aromatic N) is 1. The van der Waals surface area contributed by atoms with Crippen LogP contribution in [0.15, 0.2) is 34.6 Å². The molecule has 11 nitrogen and oxygen atoms in total. The predicted octanol–water partition coefficient (Wildman–Crippen LogP) is 0.938. The van der Waals surface area contributed by atoms with Gasteiger partial charge in [-0.1, -0.05) is 29.3 Å². The standard InChI is InChI=1S/C13H20N6O5.C7H6Cl2/c14-11(12(23)19-8-1-3-15-4-2-8)9(18-7-20)5-16-13(24)17-6-10(21)22;1-5-6(8)3-2-4-7(5)9/h5,7-8,15H,1-4,6,14H2,(H,17,24)(H,18,20)(H,19,23)(H,21,22);2-4H,1H3/b11-9+,16-5+;. The number of benzene rings is 1. The highest BCUT2D eigenvalue weighted by Crippen LogP contribution is 2.22. The number of hydrogen-bond donors (Lipinski definition) is 6. The van der Waals surface area contributed by atoms with E-state index < -0.39 is 24.5 Å². The van der Waals surface area contributed by atoms with Crippen LogP contribution in [0.2, 0.25) is 10.0 Å². The van der Waals surface area contributed by atoms with Crippen LogP contribution in [-0.4, -0.2) is 61.3 Å². The monoisotopic (exact) mass is 500 g/mol.